The first-order valence-corrected chi connectivity index (χ1v) is 9.75. The van der Waals surface area contributed by atoms with Gasteiger partial charge in [0, 0.05) is 12.2 Å². The number of carbonyl (C=O) groups excluding carboxylic acids is 4. The number of para-hydroxylation sites is 1. The minimum atomic E-state index is -0.605. The monoisotopic (exact) mass is 386 g/mol. The molecule has 1 saturated carbocycles. The molecule has 7 heteroatoms. The minimum Gasteiger partial charge on any atom is -0.456 e. The molecule has 1 aromatic carbocycles. The van der Waals surface area contributed by atoms with E-state index in [1.54, 1.807) is 0 Å². The van der Waals surface area contributed by atoms with Gasteiger partial charge in [-0.2, -0.15) is 0 Å². The number of likely N-dealkylation sites (tertiary alicyclic amines) is 1. The Hall–Kier alpha value is -2.70. The fourth-order valence-corrected chi connectivity index (χ4v) is 4.06. The summed E-state index contributed by atoms with van der Waals surface area (Å²) in [4.78, 5) is 50.0. The first-order chi connectivity index (χ1) is 13.4. The van der Waals surface area contributed by atoms with Crippen LogP contribution in [0.15, 0.2) is 18.2 Å². The SMILES string of the molecule is Cc1cccc(C)c1NC(=O)COC(=O)CCN1C(=O)[C@@H]2CCCC[C@H]2C1=O. The van der Waals surface area contributed by atoms with Gasteiger partial charge in [-0.25, -0.2) is 0 Å². The molecular weight excluding hydrogens is 360 g/mol. The molecule has 3 rings (SSSR count). The predicted molar refractivity (Wildman–Crippen MR) is 102 cm³/mol. The molecule has 0 aromatic heterocycles. The van der Waals surface area contributed by atoms with Gasteiger partial charge < -0.3 is 10.1 Å². The van der Waals surface area contributed by atoms with Gasteiger partial charge in [-0.1, -0.05) is 31.0 Å². The zero-order valence-electron chi connectivity index (χ0n) is 16.3. The molecule has 150 valence electrons. The van der Waals surface area contributed by atoms with Crippen LogP contribution in [0.5, 0.6) is 0 Å². The molecule has 1 heterocycles. The largest absolute Gasteiger partial charge is 0.456 e. The summed E-state index contributed by atoms with van der Waals surface area (Å²) in [5.74, 6) is -1.82. The summed E-state index contributed by atoms with van der Waals surface area (Å²) in [6.07, 6.45) is 3.31. The van der Waals surface area contributed by atoms with Gasteiger partial charge in [0.2, 0.25) is 11.8 Å². The van der Waals surface area contributed by atoms with Gasteiger partial charge >= 0.3 is 5.97 Å². The van der Waals surface area contributed by atoms with Crippen LogP contribution in [-0.4, -0.2) is 41.7 Å². The topological polar surface area (TPSA) is 92.8 Å². The molecule has 1 N–H and O–H groups in total. The second kappa shape index (κ2) is 8.54. The number of carbonyl (C=O) groups is 4. The Morgan fingerprint density at radius 3 is 2.21 bits per heavy atom. The maximum atomic E-state index is 12.4. The number of imide groups is 1. The van der Waals surface area contributed by atoms with Crippen LogP contribution >= 0.6 is 0 Å². The molecule has 0 radical (unpaired) electrons. The third-order valence-electron chi connectivity index (χ3n) is 5.58. The number of amides is 3. The predicted octanol–water partition coefficient (Wildman–Crippen LogP) is 2.35. The second-order valence-corrected chi connectivity index (χ2v) is 7.55. The van der Waals surface area contributed by atoms with Crippen LogP contribution in [0.2, 0.25) is 0 Å². The molecule has 0 spiro atoms. The van der Waals surface area contributed by atoms with E-state index < -0.39 is 18.5 Å². The van der Waals surface area contributed by atoms with Crippen molar-refractivity contribution in [2.24, 2.45) is 11.8 Å². The Kier molecular flexibility index (Phi) is 6.11. The number of nitrogens with zero attached hydrogens (tertiary/aromatic N) is 1. The third kappa shape index (κ3) is 4.24. The number of ether oxygens (including phenoxy) is 1. The van der Waals surface area contributed by atoms with Gasteiger partial charge in [0.15, 0.2) is 6.61 Å². The zero-order chi connectivity index (χ0) is 20.3. The van der Waals surface area contributed by atoms with E-state index in [4.69, 9.17) is 4.74 Å². The number of esters is 1. The fraction of sp³-hybridized carbons (Fsp3) is 0.524. The van der Waals surface area contributed by atoms with Crippen molar-refractivity contribution in [3.8, 4) is 0 Å². The Morgan fingerprint density at radius 2 is 1.64 bits per heavy atom. The smallest absolute Gasteiger partial charge is 0.308 e. The molecule has 0 unspecified atom stereocenters. The number of hydrogen-bond acceptors (Lipinski definition) is 5. The number of benzene rings is 1. The molecule has 1 aliphatic heterocycles. The average molecular weight is 386 g/mol. The van der Waals surface area contributed by atoms with Gasteiger partial charge in [-0.05, 0) is 37.8 Å². The summed E-state index contributed by atoms with van der Waals surface area (Å²) in [6.45, 7) is 3.38. The standard InChI is InChI=1S/C21H26N2O5/c1-13-6-5-7-14(2)19(13)22-17(24)12-28-18(25)10-11-23-20(26)15-8-3-4-9-16(15)21(23)27/h5-7,15-16H,3-4,8-12H2,1-2H3,(H,22,24)/t15-,16-/m1/s1. The third-order valence-corrected chi connectivity index (χ3v) is 5.58. The second-order valence-electron chi connectivity index (χ2n) is 7.55. The summed E-state index contributed by atoms with van der Waals surface area (Å²) in [5.41, 5.74) is 2.55. The van der Waals surface area contributed by atoms with Crippen molar-refractivity contribution in [1.29, 1.82) is 0 Å². The Bertz CT molecular complexity index is 760. The lowest BCUT2D eigenvalue weighted by atomic mass is 9.81. The van der Waals surface area contributed by atoms with Crippen molar-refractivity contribution in [2.45, 2.75) is 46.0 Å². The molecule has 3 amide bonds. The fourth-order valence-electron chi connectivity index (χ4n) is 4.06. The molecule has 1 aromatic rings. The van der Waals surface area contributed by atoms with Crippen molar-refractivity contribution in [3.05, 3.63) is 29.3 Å². The van der Waals surface area contributed by atoms with Crippen molar-refractivity contribution < 1.29 is 23.9 Å². The van der Waals surface area contributed by atoms with Crippen LogP contribution in [0.25, 0.3) is 0 Å². The normalized spacial score (nSPS) is 21.4. The van der Waals surface area contributed by atoms with E-state index >= 15 is 0 Å². The lowest BCUT2D eigenvalue weighted by Gasteiger charge is -2.19. The van der Waals surface area contributed by atoms with Crippen LogP contribution in [-0.2, 0) is 23.9 Å². The van der Waals surface area contributed by atoms with Crippen molar-refractivity contribution in [2.75, 3.05) is 18.5 Å². The zero-order valence-corrected chi connectivity index (χ0v) is 16.3. The molecule has 2 fully saturated rings. The van der Waals surface area contributed by atoms with Crippen LogP contribution < -0.4 is 5.32 Å². The molecular formula is C21H26N2O5. The molecule has 2 atom stereocenters. The van der Waals surface area contributed by atoms with Crippen molar-refractivity contribution in [3.63, 3.8) is 0 Å². The summed E-state index contributed by atoms with van der Waals surface area (Å²) in [5, 5.41) is 2.74. The molecule has 28 heavy (non-hydrogen) atoms. The summed E-state index contributed by atoms with van der Waals surface area (Å²) in [7, 11) is 0. The lowest BCUT2D eigenvalue weighted by Crippen LogP contribution is -2.33. The molecule has 2 aliphatic rings. The number of rotatable bonds is 6. The van der Waals surface area contributed by atoms with E-state index in [9.17, 15) is 19.2 Å². The first kappa shape index (κ1) is 20.0. The van der Waals surface area contributed by atoms with Gasteiger partial charge in [0.05, 0.1) is 18.3 Å². The maximum absolute atomic E-state index is 12.4. The first-order valence-electron chi connectivity index (χ1n) is 9.75. The highest BCUT2D eigenvalue weighted by Crippen LogP contribution is 2.37. The van der Waals surface area contributed by atoms with Crippen molar-refractivity contribution >= 4 is 29.4 Å². The highest BCUT2D eigenvalue weighted by atomic mass is 16.5. The van der Waals surface area contributed by atoms with Crippen LogP contribution in [0.4, 0.5) is 5.69 Å². The Balaban J connectivity index is 1.45. The summed E-state index contributed by atoms with van der Waals surface area (Å²) in [6, 6.07) is 5.67. The molecule has 0 bridgehead atoms. The van der Waals surface area contributed by atoms with Gasteiger partial charge in [-0.15, -0.1) is 0 Å². The molecule has 7 nitrogen and oxygen atoms in total. The van der Waals surface area contributed by atoms with Crippen LogP contribution in [0.3, 0.4) is 0 Å². The lowest BCUT2D eigenvalue weighted by molar-refractivity contribution is -0.148. The van der Waals surface area contributed by atoms with E-state index in [1.165, 1.54) is 4.90 Å². The van der Waals surface area contributed by atoms with E-state index in [2.05, 4.69) is 5.32 Å². The van der Waals surface area contributed by atoms with E-state index in [1.807, 2.05) is 32.0 Å². The van der Waals surface area contributed by atoms with Crippen LogP contribution in [0, 0.1) is 25.7 Å². The number of nitrogens with one attached hydrogen (secondary N) is 1. The van der Waals surface area contributed by atoms with E-state index in [-0.39, 0.29) is 36.6 Å². The Labute approximate surface area is 164 Å². The van der Waals surface area contributed by atoms with E-state index in [0.717, 1.165) is 36.8 Å². The molecule has 1 aliphatic carbocycles. The highest BCUT2D eigenvalue weighted by Gasteiger charge is 2.47. The van der Waals surface area contributed by atoms with Gasteiger partial charge in [0.25, 0.3) is 5.91 Å². The quantitative estimate of drug-likeness (QED) is 0.598. The minimum absolute atomic E-state index is 0.0159. The highest BCUT2D eigenvalue weighted by molar-refractivity contribution is 6.05. The van der Waals surface area contributed by atoms with Gasteiger partial charge in [0.1, 0.15) is 0 Å². The number of aryl methyl sites for hydroxylation is 2. The Morgan fingerprint density at radius 1 is 1.07 bits per heavy atom. The molecule has 1 saturated heterocycles. The number of anilines is 1. The van der Waals surface area contributed by atoms with Crippen LogP contribution in [0.1, 0.15) is 43.2 Å². The average Bonchev–Trinajstić information content (AvgIpc) is 2.92. The summed E-state index contributed by atoms with van der Waals surface area (Å²) >= 11 is 0. The number of hydrogen-bond donors (Lipinski definition) is 1. The maximum Gasteiger partial charge on any atom is 0.308 e. The van der Waals surface area contributed by atoms with Gasteiger partial charge in [-0.3, -0.25) is 24.1 Å². The van der Waals surface area contributed by atoms with Crippen molar-refractivity contribution in [1.82, 2.24) is 4.90 Å². The summed E-state index contributed by atoms with van der Waals surface area (Å²) < 4.78 is 5.00. The number of fused-ring (bicyclic) bond motifs is 1. The van der Waals surface area contributed by atoms with E-state index in [0.29, 0.717) is 5.69 Å².